The van der Waals surface area contributed by atoms with E-state index in [9.17, 15) is 4.79 Å². The molecular formula is C25H22O5. The topological polar surface area (TPSA) is 57.9 Å². The first-order chi connectivity index (χ1) is 14.6. The highest BCUT2D eigenvalue weighted by Crippen LogP contribution is 2.32. The Morgan fingerprint density at radius 2 is 1.57 bits per heavy atom. The minimum atomic E-state index is -0.102. The Hall–Kier alpha value is -3.73. The Labute approximate surface area is 174 Å². The number of hydrogen-bond donors (Lipinski definition) is 0. The zero-order valence-electron chi connectivity index (χ0n) is 17.1. The van der Waals surface area contributed by atoms with Gasteiger partial charge in [-0.15, -0.1) is 0 Å². The number of aryl methyl sites for hydroxylation is 1. The Kier molecular flexibility index (Phi) is 5.44. The number of methoxy groups -OCH3 is 2. The van der Waals surface area contributed by atoms with Gasteiger partial charge in [-0.3, -0.25) is 4.79 Å². The lowest BCUT2D eigenvalue weighted by molar-refractivity contribution is 0.296. The molecule has 0 saturated carbocycles. The number of para-hydroxylation sites is 2. The van der Waals surface area contributed by atoms with Gasteiger partial charge in [-0.25, -0.2) is 0 Å². The number of hydrogen-bond acceptors (Lipinski definition) is 5. The first kappa shape index (κ1) is 19.6. The molecule has 5 heteroatoms. The predicted molar refractivity (Wildman–Crippen MR) is 117 cm³/mol. The monoisotopic (exact) mass is 402 g/mol. The average molecular weight is 402 g/mol. The van der Waals surface area contributed by atoms with Crippen molar-refractivity contribution < 1.29 is 18.6 Å². The largest absolute Gasteiger partial charge is 0.496 e. The predicted octanol–water partition coefficient (Wildman–Crippen LogP) is 5.36. The summed E-state index contributed by atoms with van der Waals surface area (Å²) >= 11 is 0. The number of rotatable bonds is 6. The van der Waals surface area contributed by atoms with Gasteiger partial charge in [-0.1, -0.05) is 36.4 Å². The highest BCUT2D eigenvalue weighted by molar-refractivity contribution is 5.85. The lowest BCUT2D eigenvalue weighted by Gasteiger charge is -2.12. The van der Waals surface area contributed by atoms with Gasteiger partial charge in [-0.2, -0.15) is 0 Å². The van der Waals surface area contributed by atoms with Gasteiger partial charge < -0.3 is 18.6 Å². The Morgan fingerprint density at radius 1 is 0.867 bits per heavy atom. The van der Waals surface area contributed by atoms with Crippen molar-refractivity contribution in [1.82, 2.24) is 0 Å². The van der Waals surface area contributed by atoms with Gasteiger partial charge >= 0.3 is 0 Å². The molecule has 0 spiro atoms. The summed E-state index contributed by atoms with van der Waals surface area (Å²) in [6.07, 6.45) is 0. The summed E-state index contributed by atoms with van der Waals surface area (Å²) in [5.41, 5.74) is 2.53. The van der Waals surface area contributed by atoms with Crippen LogP contribution in [0.25, 0.3) is 22.1 Å². The van der Waals surface area contributed by atoms with E-state index in [1.54, 1.807) is 39.3 Å². The van der Waals surface area contributed by atoms with Crippen LogP contribution in [0, 0.1) is 6.92 Å². The molecule has 3 aromatic carbocycles. The maximum absolute atomic E-state index is 13.2. The van der Waals surface area contributed by atoms with Gasteiger partial charge in [0.05, 0.1) is 25.2 Å². The summed E-state index contributed by atoms with van der Waals surface area (Å²) in [7, 11) is 3.22. The van der Waals surface area contributed by atoms with E-state index in [4.69, 9.17) is 18.6 Å². The number of fused-ring (bicyclic) bond motifs is 1. The fourth-order valence-corrected chi connectivity index (χ4v) is 3.52. The first-order valence-corrected chi connectivity index (χ1v) is 9.58. The molecule has 4 aromatic rings. The molecule has 0 bridgehead atoms. The quantitative estimate of drug-likeness (QED) is 0.434. The minimum absolute atomic E-state index is 0.102. The standard InChI is InChI=1S/C25H22O5/c1-16-24(19-9-5-7-11-22(19)28-3)25(26)20-13-12-18(14-23(20)30-16)29-15-17-8-4-6-10-21(17)27-2/h4-14H,15H2,1-3H3. The van der Waals surface area contributed by atoms with Crippen LogP contribution in [-0.4, -0.2) is 14.2 Å². The Morgan fingerprint density at radius 3 is 2.33 bits per heavy atom. The maximum atomic E-state index is 13.2. The normalized spacial score (nSPS) is 10.8. The molecule has 1 aromatic heterocycles. The van der Waals surface area contributed by atoms with Gasteiger partial charge in [-0.05, 0) is 31.2 Å². The van der Waals surface area contributed by atoms with E-state index in [2.05, 4.69) is 0 Å². The second-order valence-corrected chi connectivity index (χ2v) is 6.82. The highest BCUT2D eigenvalue weighted by atomic mass is 16.5. The molecule has 0 aliphatic carbocycles. The molecule has 0 saturated heterocycles. The summed E-state index contributed by atoms with van der Waals surface area (Å²) in [6, 6.07) is 20.4. The zero-order chi connectivity index (χ0) is 21.1. The molecule has 0 radical (unpaired) electrons. The van der Waals surface area contributed by atoms with E-state index in [1.165, 1.54) is 0 Å². The second kappa shape index (κ2) is 8.33. The van der Waals surface area contributed by atoms with Crippen LogP contribution in [0.15, 0.2) is 75.9 Å². The molecule has 152 valence electrons. The molecule has 0 aliphatic heterocycles. The zero-order valence-corrected chi connectivity index (χ0v) is 17.1. The smallest absolute Gasteiger partial charge is 0.200 e. The maximum Gasteiger partial charge on any atom is 0.200 e. The lowest BCUT2D eigenvalue weighted by atomic mass is 10.0. The van der Waals surface area contributed by atoms with Crippen LogP contribution >= 0.6 is 0 Å². The third-order valence-electron chi connectivity index (χ3n) is 5.00. The fourth-order valence-electron chi connectivity index (χ4n) is 3.52. The molecule has 0 unspecified atom stereocenters. The molecular weight excluding hydrogens is 380 g/mol. The molecule has 0 amide bonds. The van der Waals surface area contributed by atoms with E-state index in [-0.39, 0.29) is 5.43 Å². The van der Waals surface area contributed by atoms with Crippen LogP contribution in [0.3, 0.4) is 0 Å². The summed E-state index contributed by atoms with van der Waals surface area (Å²) < 4.78 is 22.7. The van der Waals surface area contributed by atoms with Crippen molar-refractivity contribution in [2.45, 2.75) is 13.5 Å². The van der Waals surface area contributed by atoms with Crippen molar-refractivity contribution in [2.24, 2.45) is 0 Å². The van der Waals surface area contributed by atoms with Gasteiger partial charge in [0.15, 0.2) is 0 Å². The Balaban J connectivity index is 1.70. The van der Waals surface area contributed by atoms with Crippen molar-refractivity contribution in [1.29, 1.82) is 0 Å². The summed E-state index contributed by atoms with van der Waals surface area (Å²) in [6.45, 7) is 2.13. The third-order valence-corrected chi connectivity index (χ3v) is 5.00. The molecule has 1 heterocycles. The van der Waals surface area contributed by atoms with Crippen LogP contribution in [-0.2, 0) is 6.61 Å². The SMILES string of the molecule is COc1ccccc1COc1ccc2c(=O)c(-c3ccccc3OC)c(C)oc2c1. The molecule has 5 nitrogen and oxygen atoms in total. The van der Waals surface area contributed by atoms with Crippen molar-refractivity contribution in [2.75, 3.05) is 14.2 Å². The van der Waals surface area contributed by atoms with E-state index in [0.29, 0.717) is 46.0 Å². The van der Waals surface area contributed by atoms with E-state index in [1.807, 2.05) is 48.5 Å². The van der Waals surface area contributed by atoms with Crippen molar-refractivity contribution >= 4 is 11.0 Å². The van der Waals surface area contributed by atoms with Crippen molar-refractivity contribution in [3.8, 4) is 28.4 Å². The molecule has 0 fully saturated rings. The molecule has 4 rings (SSSR count). The highest BCUT2D eigenvalue weighted by Gasteiger charge is 2.17. The minimum Gasteiger partial charge on any atom is -0.496 e. The van der Waals surface area contributed by atoms with E-state index >= 15 is 0 Å². The number of ether oxygens (including phenoxy) is 3. The van der Waals surface area contributed by atoms with Crippen LogP contribution in [0.4, 0.5) is 0 Å². The average Bonchev–Trinajstić information content (AvgIpc) is 2.78. The number of benzene rings is 3. The summed E-state index contributed by atoms with van der Waals surface area (Å²) in [5, 5.41) is 0.492. The molecule has 0 atom stereocenters. The van der Waals surface area contributed by atoms with E-state index < -0.39 is 0 Å². The molecule has 0 aliphatic rings. The van der Waals surface area contributed by atoms with Crippen LogP contribution < -0.4 is 19.6 Å². The van der Waals surface area contributed by atoms with Gasteiger partial charge in [0, 0.05) is 17.2 Å². The van der Waals surface area contributed by atoms with Crippen LogP contribution in [0.5, 0.6) is 17.2 Å². The van der Waals surface area contributed by atoms with E-state index in [0.717, 1.165) is 11.3 Å². The Bertz CT molecular complexity index is 1260. The van der Waals surface area contributed by atoms with Crippen LogP contribution in [0.2, 0.25) is 0 Å². The van der Waals surface area contributed by atoms with Crippen LogP contribution in [0.1, 0.15) is 11.3 Å². The van der Waals surface area contributed by atoms with Gasteiger partial charge in [0.1, 0.15) is 35.2 Å². The summed E-state index contributed by atoms with van der Waals surface area (Å²) in [4.78, 5) is 13.2. The molecule has 30 heavy (non-hydrogen) atoms. The van der Waals surface area contributed by atoms with Gasteiger partial charge in [0.2, 0.25) is 5.43 Å². The van der Waals surface area contributed by atoms with Crippen molar-refractivity contribution in [3.05, 3.63) is 88.3 Å². The fraction of sp³-hybridized carbons (Fsp3) is 0.160. The third kappa shape index (κ3) is 3.62. The van der Waals surface area contributed by atoms with Gasteiger partial charge in [0.25, 0.3) is 0 Å². The summed E-state index contributed by atoms with van der Waals surface area (Å²) in [5.74, 6) is 2.53. The lowest BCUT2D eigenvalue weighted by Crippen LogP contribution is -2.08. The molecule has 0 N–H and O–H groups in total. The van der Waals surface area contributed by atoms with Crippen molar-refractivity contribution in [3.63, 3.8) is 0 Å². The first-order valence-electron chi connectivity index (χ1n) is 9.58. The second-order valence-electron chi connectivity index (χ2n) is 6.82.